The van der Waals surface area contributed by atoms with Gasteiger partial charge in [-0.2, -0.15) is 0 Å². The molecule has 4 aromatic rings. The monoisotopic (exact) mass is 455 g/mol. The van der Waals surface area contributed by atoms with Gasteiger partial charge in [0.2, 0.25) is 0 Å². The SMILES string of the molecule is CC(NCC1CC(c2ccc(F)c(C(=O)O)c2)c2ccccc2O1)c1cccc2ccccc12. The minimum Gasteiger partial charge on any atom is -0.489 e. The second-order valence-electron chi connectivity index (χ2n) is 8.81. The molecule has 4 nitrogen and oxygen atoms in total. The van der Waals surface area contributed by atoms with Crippen molar-refractivity contribution in [1.29, 1.82) is 0 Å². The fraction of sp³-hybridized carbons (Fsp3) is 0.207. The number of carboxylic acid groups (broad SMARTS) is 1. The van der Waals surface area contributed by atoms with Crippen molar-refractivity contribution in [3.63, 3.8) is 0 Å². The molecule has 3 unspecified atom stereocenters. The van der Waals surface area contributed by atoms with Crippen molar-refractivity contribution in [3.8, 4) is 5.75 Å². The van der Waals surface area contributed by atoms with E-state index in [-0.39, 0.29) is 23.6 Å². The summed E-state index contributed by atoms with van der Waals surface area (Å²) in [4.78, 5) is 11.5. The van der Waals surface area contributed by atoms with Crippen molar-refractivity contribution >= 4 is 16.7 Å². The normalized spacial score (nSPS) is 18.2. The Hall–Kier alpha value is -3.70. The Morgan fingerprint density at radius 2 is 1.82 bits per heavy atom. The van der Waals surface area contributed by atoms with E-state index in [0.29, 0.717) is 13.0 Å². The van der Waals surface area contributed by atoms with Crippen molar-refractivity contribution in [2.75, 3.05) is 6.54 Å². The number of carbonyl (C=O) groups is 1. The Morgan fingerprint density at radius 1 is 1.06 bits per heavy atom. The third-order valence-corrected chi connectivity index (χ3v) is 6.65. The van der Waals surface area contributed by atoms with Gasteiger partial charge < -0.3 is 15.2 Å². The molecule has 1 aliphatic heterocycles. The number of carboxylic acids is 1. The third kappa shape index (κ3) is 4.27. The summed E-state index contributed by atoms with van der Waals surface area (Å²) in [7, 11) is 0. The van der Waals surface area contributed by atoms with Crippen LogP contribution in [0.4, 0.5) is 4.39 Å². The van der Waals surface area contributed by atoms with Gasteiger partial charge in [-0.1, -0.05) is 66.7 Å². The Morgan fingerprint density at radius 3 is 2.68 bits per heavy atom. The zero-order valence-corrected chi connectivity index (χ0v) is 18.9. The van der Waals surface area contributed by atoms with Crippen molar-refractivity contribution in [1.82, 2.24) is 5.32 Å². The Balaban J connectivity index is 1.39. The van der Waals surface area contributed by atoms with E-state index in [1.165, 1.54) is 28.5 Å². The highest BCUT2D eigenvalue weighted by molar-refractivity contribution is 5.88. The summed E-state index contributed by atoms with van der Waals surface area (Å²) in [6.07, 6.45) is 0.549. The summed E-state index contributed by atoms with van der Waals surface area (Å²) in [6.45, 7) is 2.78. The molecule has 0 saturated carbocycles. The molecular formula is C29H26FNO3. The number of ether oxygens (including phenoxy) is 1. The highest BCUT2D eigenvalue weighted by Gasteiger charge is 2.30. The molecule has 0 saturated heterocycles. The van der Waals surface area contributed by atoms with Crippen LogP contribution in [0.15, 0.2) is 84.9 Å². The lowest BCUT2D eigenvalue weighted by Gasteiger charge is -2.33. The van der Waals surface area contributed by atoms with Crippen LogP contribution in [0.1, 0.15) is 52.4 Å². The van der Waals surface area contributed by atoms with E-state index < -0.39 is 11.8 Å². The summed E-state index contributed by atoms with van der Waals surface area (Å²) >= 11 is 0. The quantitative estimate of drug-likeness (QED) is 0.358. The molecule has 172 valence electrons. The maximum absolute atomic E-state index is 14.0. The number of hydrogen-bond donors (Lipinski definition) is 2. The molecule has 3 atom stereocenters. The molecule has 0 aromatic heterocycles. The van der Waals surface area contributed by atoms with Gasteiger partial charge in [0.1, 0.15) is 17.7 Å². The molecule has 1 heterocycles. The van der Waals surface area contributed by atoms with Crippen LogP contribution in [-0.2, 0) is 0 Å². The Bertz CT molecular complexity index is 1350. The van der Waals surface area contributed by atoms with Crippen LogP contribution in [0.5, 0.6) is 5.75 Å². The number of fused-ring (bicyclic) bond motifs is 2. The zero-order valence-electron chi connectivity index (χ0n) is 18.9. The molecule has 0 bridgehead atoms. The van der Waals surface area contributed by atoms with E-state index in [1.807, 2.05) is 30.3 Å². The summed E-state index contributed by atoms with van der Waals surface area (Å²) in [6, 6.07) is 27.0. The number of rotatable bonds is 6. The Kier molecular flexibility index (Phi) is 6.03. The van der Waals surface area contributed by atoms with E-state index in [4.69, 9.17) is 4.74 Å². The molecule has 34 heavy (non-hydrogen) atoms. The molecule has 1 aliphatic rings. The molecular weight excluding hydrogens is 429 g/mol. The molecule has 0 aliphatic carbocycles. The largest absolute Gasteiger partial charge is 0.489 e. The highest BCUT2D eigenvalue weighted by atomic mass is 19.1. The summed E-state index contributed by atoms with van der Waals surface area (Å²) in [5, 5.41) is 15.5. The average molecular weight is 456 g/mol. The van der Waals surface area contributed by atoms with Gasteiger partial charge >= 0.3 is 5.97 Å². The minimum absolute atomic E-state index is 0.0803. The van der Waals surface area contributed by atoms with Crippen molar-refractivity contribution in [2.45, 2.75) is 31.4 Å². The van der Waals surface area contributed by atoms with E-state index in [0.717, 1.165) is 16.9 Å². The van der Waals surface area contributed by atoms with Gasteiger partial charge in [-0.3, -0.25) is 0 Å². The summed E-state index contributed by atoms with van der Waals surface area (Å²) < 4.78 is 20.3. The summed E-state index contributed by atoms with van der Waals surface area (Å²) in [5.41, 5.74) is 2.70. The van der Waals surface area contributed by atoms with Gasteiger partial charge in [0, 0.05) is 24.1 Å². The number of para-hydroxylation sites is 1. The van der Waals surface area contributed by atoms with Crippen LogP contribution >= 0.6 is 0 Å². The standard InChI is InChI=1S/C29H26FNO3/c1-18(22-11-6-8-19-7-2-3-9-23(19)22)31-17-21-16-25(24-10-4-5-12-28(24)34-21)20-13-14-27(30)26(15-20)29(32)33/h2-15,18,21,25,31H,16-17H2,1H3,(H,32,33). The van der Waals surface area contributed by atoms with Gasteiger partial charge in [0.25, 0.3) is 0 Å². The summed E-state index contributed by atoms with van der Waals surface area (Å²) in [5.74, 6) is -1.28. The van der Waals surface area contributed by atoms with Gasteiger partial charge in [-0.25, -0.2) is 9.18 Å². The van der Waals surface area contributed by atoms with Gasteiger partial charge in [0.05, 0.1) is 5.56 Å². The van der Waals surface area contributed by atoms with E-state index in [9.17, 15) is 14.3 Å². The fourth-order valence-corrected chi connectivity index (χ4v) is 4.90. The lowest BCUT2D eigenvalue weighted by Crippen LogP contribution is -2.37. The van der Waals surface area contributed by atoms with Crippen LogP contribution in [-0.4, -0.2) is 23.7 Å². The number of nitrogens with one attached hydrogen (secondary N) is 1. The molecule has 0 amide bonds. The molecule has 4 aromatic carbocycles. The van der Waals surface area contributed by atoms with Crippen molar-refractivity contribution in [2.24, 2.45) is 0 Å². The van der Waals surface area contributed by atoms with Crippen LogP contribution in [0.3, 0.4) is 0 Å². The molecule has 2 N–H and O–H groups in total. The van der Waals surface area contributed by atoms with Crippen LogP contribution in [0, 0.1) is 5.82 Å². The molecule has 0 spiro atoms. The van der Waals surface area contributed by atoms with E-state index >= 15 is 0 Å². The second-order valence-corrected chi connectivity index (χ2v) is 8.81. The van der Waals surface area contributed by atoms with Crippen LogP contribution in [0.25, 0.3) is 10.8 Å². The number of hydrogen-bond acceptors (Lipinski definition) is 3. The average Bonchev–Trinajstić information content (AvgIpc) is 2.86. The van der Waals surface area contributed by atoms with Crippen molar-refractivity contribution in [3.05, 3.63) is 113 Å². The van der Waals surface area contributed by atoms with Crippen LogP contribution in [0.2, 0.25) is 0 Å². The first-order valence-corrected chi connectivity index (χ1v) is 11.5. The van der Waals surface area contributed by atoms with E-state index in [2.05, 4.69) is 48.6 Å². The zero-order chi connectivity index (χ0) is 23.7. The minimum atomic E-state index is -1.26. The van der Waals surface area contributed by atoms with Gasteiger partial charge in [-0.15, -0.1) is 0 Å². The topological polar surface area (TPSA) is 58.6 Å². The molecule has 5 rings (SSSR count). The maximum Gasteiger partial charge on any atom is 0.338 e. The smallest absolute Gasteiger partial charge is 0.338 e. The second kappa shape index (κ2) is 9.27. The van der Waals surface area contributed by atoms with E-state index in [1.54, 1.807) is 6.07 Å². The lowest BCUT2D eigenvalue weighted by atomic mass is 9.83. The first-order valence-electron chi connectivity index (χ1n) is 11.5. The van der Waals surface area contributed by atoms with Gasteiger partial charge in [0.15, 0.2) is 0 Å². The molecule has 5 heteroatoms. The fourth-order valence-electron chi connectivity index (χ4n) is 4.90. The molecule has 0 fully saturated rings. The van der Waals surface area contributed by atoms with Gasteiger partial charge in [-0.05, 0) is 53.4 Å². The number of aromatic carboxylic acids is 1. The van der Waals surface area contributed by atoms with Crippen molar-refractivity contribution < 1.29 is 19.0 Å². The predicted molar refractivity (Wildman–Crippen MR) is 131 cm³/mol. The number of halogens is 1. The molecule has 0 radical (unpaired) electrons. The third-order valence-electron chi connectivity index (χ3n) is 6.65. The van der Waals surface area contributed by atoms with Crippen LogP contribution < -0.4 is 10.1 Å². The first-order chi connectivity index (χ1) is 16.5. The predicted octanol–water partition coefficient (Wildman–Crippen LogP) is 6.31. The number of benzene rings is 4. The Labute approximate surface area is 198 Å². The first kappa shape index (κ1) is 22.1. The maximum atomic E-state index is 14.0. The highest BCUT2D eigenvalue weighted by Crippen LogP contribution is 2.40. The lowest BCUT2D eigenvalue weighted by molar-refractivity contribution is 0.0691.